The lowest BCUT2D eigenvalue weighted by Crippen LogP contribution is -2.49. The van der Waals surface area contributed by atoms with Gasteiger partial charge in [0.15, 0.2) is 0 Å². The molecule has 2 amide bonds. The molecule has 5 rings (SSSR count). The summed E-state index contributed by atoms with van der Waals surface area (Å²) < 4.78 is 5.68. The number of rotatable bonds is 6. The van der Waals surface area contributed by atoms with E-state index in [-0.39, 0.29) is 18.0 Å². The number of piperidine rings is 1. The van der Waals surface area contributed by atoms with Crippen LogP contribution in [0.3, 0.4) is 0 Å². The molecule has 2 aromatic carbocycles. The molecule has 0 aromatic heterocycles. The van der Waals surface area contributed by atoms with E-state index in [0.717, 1.165) is 57.7 Å². The number of hydrogen-bond donors (Lipinski definition) is 0. The molecule has 0 spiro atoms. The number of amides is 2. The Morgan fingerprint density at radius 2 is 1.74 bits per heavy atom. The van der Waals surface area contributed by atoms with Crippen LogP contribution in [0.5, 0.6) is 0 Å². The van der Waals surface area contributed by atoms with Crippen molar-refractivity contribution < 1.29 is 14.3 Å². The molecule has 35 heavy (non-hydrogen) atoms. The summed E-state index contributed by atoms with van der Waals surface area (Å²) in [6.07, 6.45) is 2.32. The third-order valence-electron chi connectivity index (χ3n) is 7.68. The van der Waals surface area contributed by atoms with Gasteiger partial charge in [-0.2, -0.15) is 0 Å². The molecular weight excluding hydrogens is 440 g/mol. The predicted molar refractivity (Wildman–Crippen MR) is 136 cm³/mol. The zero-order valence-corrected chi connectivity index (χ0v) is 20.9. The predicted octanol–water partition coefficient (Wildman–Crippen LogP) is 3.86. The molecule has 2 aromatic rings. The van der Waals surface area contributed by atoms with Crippen LogP contribution in [0.4, 0.5) is 10.5 Å². The van der Waals surface area contributed by atoms with Crippen LogP contribution in [0, 0.1) is 0 Å². The minimum absolute atomic E-state index is 0.0841. The molecule has 2 aliphatic heterocycles. The number of nitrogens with zero attached hydrogens (tertiary/aromatic N) is 4. The lowest BCUT2D eigenvalue weighted by molar-refractivity contribution is -0.131. The average Bonchev–Trinajstić information content (AvgIpc) is 3.17. The van der Waals surface area contributed by atoms with Crippen molar-refractivity contribution in [1.29, 1.82) is 0 Å². The largest absolute Gasteiger partial charge is 0.445 e. The Bertz CT molecular complexity index is 1050. The van der Waals surface area contributed by atoms with Crippen LogP contribution in [-0.4, -0.2) is 80.1 Å². The number of anilines is 1. The van der Waals surface area contributed by atoms with Gasteiger partial charge in [0.25, 0.3) is 0 Å². The van der Waals surface area contributed by atoms with Crippen LogP contribution >= 0.6 is 0 Å². The average molecular weight is 477 g/mol. The van der Waals surface area contributed by atoms with Crippen molar-refractivity contribution in [1.82, 2.24) is 14.7 Å². The maximum atomic E-state index is 13.0. The van der Waals surface area contributed by atoms with Crippen molar-refractivity contribution in [2.45, 2.75) is 37.8 Å². The second kappa shape index (κ2) is 10.3. The fraction of sp³-hybridized carbons (Fsp3) is 0.500. The highest BCUT2D eigenvalue weighted by Crippen LogP contribution is 2.50. The van der Waals surface area contributed by atoms with Gasteiger partial charge in [0.1, 0.15) is 6.61 Å². The molecule has 0 unspecified atom stereocenters. The van der Waals surface area contributed by atoms with Gasteiger partial charge < -0.3 is 24.3 Å². The van der Waals surface area contributed by atoms with E-state index in [1.165, 1.54) is 16.8 Å². The van der Waals surface area contributed by atoms with Crippen LogP contribution in [0.25, 0.3) is 0 Å². The second-order valence-electron chi connectivity index (χ2n) is 10.2. The number of ether oxygens (including phenoxy) is 1. The van der Waals surface area contributed by atoms with Crippen molar-refractivity contribution in [3.63, 3.8) is 0 Å². The summed E-state index contributed by atoms with van der Waals surface area (Å²) in [4.78, 5) is 33.8. The lowest BCUT2D eigenvalue weighted by atomic mass is 9.96. The Hall–Kier alpha value is -3.06. The topological polar surface area (TPSA) is 56.3 Å². The SMILES string of the molecule is CN(C)CCC(=O)N1CCN(c2ccc3c(c2)[C@@H]2C[C@H]3CCN2C(=O)OCc2ccccc2)CC1. The molecule has 2 bridgehead atoms. The molecule has 0 saturated carbocycles. The van der Waals surface area contributed by atoms with Crippen molar-refractivity contribution in [2.75, 3.05) is 58.3 Å². The summed E-state index contributed by atoms with van der Waals surface area (Å²) in [6.45, 7) is 5.02. The molecule has 1 aliphatic carbocycles. The first-order valence-corrected chi connectivity index (χ1v) is 12.8. The Morgan fingerprint density at radius 3 is 2.49 bits per heavy atom. The number of piperazine rings is 1. The first-order valence-electron chi connectivity index (χ1n) is 12.8. The van der Waals surface area contributed by atoms with E-state index in [9.17, 15) is 9.59 Å². The van der Waals surface area contributed by atoms with Gasteiger partial charge in [0, 0.05) is 51.4 Å². The maximum Gasteiger partial charge on any atom is 0.410 e. The Balaban J connectivity index is 1.23. The van der Waals surface area contributed by atoms with E-state index in [4.69, 9.17) is 4.74 Å². The van der Waals surface area contributed by atoms with Gasteiger partial charge >= 0.3 is 6.09 Å². The monoisotopic (exact) mass is 476 g/mol. The highest BCUT2D eigenvalue weighted by atomic mass is 16.6. The lowest BCUT2D eigenvalue weighted by Gasteiger charge is -2.37. The molecule has 7 heteroatoms. The summed E-state index contributed by atoms with van der Waals surface area (Å²) in [5.41, 5.74) is 4.85. The summed E-state index contributed by atoms with van der Waals surface area (Å²) in [5.74, 6) is 0.763. The third-order valence-corrected chi connectivity index (χ3v) is 7.68. The van der Waals surface area contributed by atoms with E-state index >= 15 is 0 Å². The molecule has 2 fully saturated rings. The summed E-state index contributed by atoms with van der Waals surface area (Å²) >= 11 is 0. The van der Waals surface area contributed by atoms with E-state index in [1.807, 2.05) is 54.2 Å². The number of carbonyl (C=O) groups is 2. The molecule has 0 radical (unpaired) electrons. The van der Waals surface area contributed by atoms with Crippen molar-refractivity contribution >= 4 is 17.7 Å². The standard InChI is InChI=1S/C28H36N4O3/c1-29(2)12-11-27(33)31-16-14-30(15-17-31)23-8-9-24-22-10-13-32(26(18-22)25(24)19-23)28(34)35-20-21-6-4-3-5-7-21/h3-9,19,22,26H,10-18,20H2,1-2H3/t22-,26+/m1/s1. The summed E-state index contributed by atoms with van der Waals surface area (Å²) in [7, 11) is 4.00. The van der Waals surface area contributed by atoms with Crippen molar-refractivity contribution in [2.24, 2.45) is 0 Å². The molecule has 2 atom stereocenters. The van der Waals surface area contributed by atoms with Gasteiger partial charge in [-0.3, -0.25) is 4.79 Å². The molecule has 186 valence electrons. The Labute approximate surface area is 208 Å². The Morgan fingerprint density at radius 1 is 0.971 bits per heavy atom. The van der Waals surface area contributed by atoms with Crippen LogP contribution in [0.2, 0.25) is 0 Å². The van der Waals surface area contributed by atoms with Crippen molar-refractivity contribution in [3.05, 3.63) is 65.2 Å². The second-order valence-corrected chi connectivity index (χ2v) is 10.2. The smallest absolute Gasteiger partial charge is 0.410 e. The number of likely N-dealkylation sites (tertiary alicyclic amines) is 1. The van der Waals surface area contributed by atoms with Gasteiger partial charge in [0.05, 0.1) is 6.04 Å². The quantitative estimate of drug-likeness (QED) is 0.634. The van der Waals surface area contributed by atoms with E-state index in [0.29, 0.717) is 18.9 Å². The van der Waals surface area contributed by atoms with Crippen LogP contribution in [-0.2, 0) is 16.1 Å². The van der Waals surface area contributed by atoms with Gasteiger partial charge in [-0.1, -0.05) is 36.4 Å². The molecule has 0 N–H and O–H groups in total. The van der Waals surface area contributed by atoms with Gasteiger partial charge in [-0.15, -0.1) is 0 Å². The maximum absolute atomic E-state index is 13.0. The van der Waals surface area contributed by atoms with Gasteiger partial charge in [0.2, 0.25) is 5.91 Å². The fourth-order valence-corrected chi connectivity index (χ4v) is 5.67. The molecule has 3 aliphatic rings. The third kappa shape index (κ3) is 5.15. The first kappa shape index (κ1) is 23.7. The normalized spacial score (nSPS) is 21.3. The number of hydrogen-bond acceptors (Lipinski definition) is 5. The fourth-order valence-electron chi connectivity index (χ4n) is 5.67. The van der Waals surface area contributed by atoms with Crippen LogP contribution in [0.1, 0.15) is 47.9 Å². The highest BCUT2D eigenvalue weighted by molar-refractivity contribution is 5.76. The van der Waals surface area contributed by atoms with Gasteiger partial charge in [-0.25, -0.2) is 4.79 Å². The van der Waals surface area contributed by atoms with E-state index in [2.05, 4.69) is 28.0 Å². The minimum atomic E-state index is -0.222. The molecule has 7 nitrogen and oxygen atoms in total. The zero-order valence-electron chi connectivity index (χ0n) is 20.9. The number of carbonyl (C=O) groups excluding carboxylic acids is 2. The summed E-state index contributed by atoms with van der Waals surface area (Å²) in [5, 5.41) is 0. The minimum Gasteiger partial charge on any atom is -0.445 e. The zero-order chi connectivity index (χ0) is 24.4. The molecular formula is C28H36N4O3. The first-order chi connectivity index (χ1) is 17.0. The number of benzene rings is 2. The van der Waals surface area contributed by atoms with Crippen LogP contribution < -0.4 is 4.90 Å². The molecule has 2 heterocycles. The van der Waals surface area contributed by atoms with E-state index in [1.54, 1.807) is 0 Å². The van der Waals surface area contributed by atoms with Gasteiger partial charge in [-0.05, 0) is 61.7 Å². The van der Waals surface area contributed by atoms with Crippen LogP contribution in [0.15, 0.2) is 48.5 Å². The summed E-state index contributed by atoms with van der Waals surface area (Å²) in [6, 6.07) is 16.7. The number of fused-ring (bicyclic) bond motifs is 5. The van der Waals surface area contributed by atoms with E-state index < -0.39 is 0 Å². The highest BCUT2D eigenvalue weighted by Gasteiger charge is 2.41. The Kier molecular flexibility index (Phi) is 6.95. The van der Waals surface area contributed by atoms with Crippen molar-refractivity contribution in [3.8, 4) is 0 Å². The molecule has 2 saturated heterocycles.